The Labute approximate surface area is 210 Å². The smallest absolute Gasteiger partial charge is 0.254 e. The van der Waals surface area contributed by atoms with Crippen molar-refractivity contribution in [2.45, 2.75) is 19.4 Å². The molecule has 1 aromatic heterocycles. The quantitative estimate of drug-likeness (QED) is 0.317. The van der Waals surface area contributed by atoms with Crippen molar-refractivity contribution in [3.05, 3.63) is 118 Å². The number of hydrogen-bond donors (Lipinski definition) is 0. The van der Waals surface area contributed by atoms with E-state index in [1.807, 2.05) is 47.4 Å². The van der Waals surface area contributed by atoms with E-state index in [2.05, 4.69) is 49.2 Å². The van der Waals surface area contributed by atoms with Gasteiger partial charge in [0.05, 0.1) is 6.04 Å². The number of aryl methyl sites for hydroxylation is 1. The Bertz CT molecular complexity index is 1390. The van der Waals surface area contributed by atoms with Gasteiger partial charge in [-0.25, -0.2) is 0 Å². The molecular weight excluding hydrogens is 452 g/mol. The molecule has 5 heteroatoms. The van der Waals surface area contributed by atoms with E-state index in [4.69, 9.17) is 0 Å². The van der Waals surface area contributed by atoms with Gasteiger partial charge in [-0.15, -0.1) is 17.9 Å². The molecule has 0 saturated carbocycles. The minimum Gasteiger partial charge on any atom is -0.330 e. The fourth-order valence-corrected chi connectivity index (χ4v) is 5.73. The van der Waals surface area contributed by atoms with Crippen LogP contribution in [0.3, 0.4) is 0 Å². The van der Waals surface area contributed by atoms with Crippen LogP contribution in [0.25, 0.3) is 10.8 Å². The van der Waals surface area contributed by atoms with Crippen LogP contribution in [-0.4, -0.2) is 41.2 Å². The summed E-state index contributed by atoms with van der Waals surface area (Å²) in [6.45, 7) is 6.85. The molecule has 4 nitrogen and oxygen atoms in total. The summed E-state index contributed by atoms with van der Waals surface area (Å²) in [6, 6.07) is 24.0. The number of carbonyl (C=O) groups excluding carboxylic acids is 2. The summed E-state index contributed by atoms with van der Waals surface area (Å²) in [5.74, 6) is -0.215. The molecule has 0 saturated heterocycles. The molecule has 4 aromatic rings. The van der Waals surface area contributed by atoms with E-state index in [1.165, 1.54) is 16.0 Å². The first-order chi connectivity index (χ1) is 17.0. The van der Waals surface area contributed by atoms with Crippen molar-refractivity contribution in [1.29, 1.82) is 0 Å². The molecule has 0 spiro atoms. The summed E-state index contributed by atoms with van der Waals surface area (Å²) in [5.41, 5.74) is 4.05. The van der Waals surface area contributed by atoms with Gasteiger partial charge in [0.25, 0.3) is 5.91 Å². The summed E-state index contributed by atoms with van der Waals surface area (Å²) in [4.78, 5) is 32.0. The van der Waals surface area contributed by atoms with Crippen LogP contribution in [0.5, 0.6) is 0 Å². The van der Waals surface area contributed by atoms with Crippen LogP contribution in [0.2, 0.25) is 0 Å². The van der Waals surface area contributed by atoms with Crippen LogP contribution in [-0.2, 0) is 11.2 Å². The van der Waals surface area contributed by atoms with Crippen molar-refractivity contribution in [2.24, 2.45) is 0 Å². The van der Waals surface area contributed by atoms with Crippen molar-refractivity contribution in [2.75, 3.05) is 19.6 Å². The van der Waals surface area contributed by atoms with Crippen LogP contribution >= 0.6 is 11.3 Å². The summed E-state index contributed by atoms with van der Waals surface area (Å²) < 4.78 is 0. The first kappa shape index (κ1) is 23.1. The van der Waals surface area contributed by atoms with Gasteiger partial charge in [-0.3, -0.25) is 9.59 Å². The monoisotopic (exact) mass is 480 g/mol. The maximum absolute atomic E-state index is 13.7. The Balaban J connectivity index is 1.42. The summed E-state index contributed by atoms with van der Waals surface area (Å²) in [7, 11) is 0. The molecule has 35 heavy (non-hydrogen) atoms. The first-order valence-corrected chi connectivity index (χ1v) is 12.7. The molecule has 1 unspecified atom stereocenters. The third-order valence-electron chi connectivity index (χ3n) is 6.64. The molecule has 1 aliphatic heterocycles. The summed E-state index contributed by atoms with van der Waals surface area (Å²) in [6.07, 6.45) is 2.51. The Kier molecular flexibility index (Phi) is 6.51. The molecule has 176 valence electrons. The van der Waals surface area contributed by atoms with E-state index in [1.54, 1.807) is 22.3 Å². The molecule has 1 aliphatic rings. The van der Waals surface area contributed by atoms with E-state index in [0.29, 0.717) is 18.7 Å². The number of hydrogen-bond acceptors (Lipinski definition) is 3. The fraction of sp³-hybridized carbons (Fsp3) is 0.200. The molecule has 0 radical (unpaired) electrons. The number of fused-ring (bicyclic) bond motifs is 2. The highest BCUT2D eigenvalue weighted by Gasteiger charge is 2.34. The van der Waals surface area contributed by atoms with Crippen LogP contribution in [0, 0.1) is 6.92 Å². The second-order valence-electron chi connectivity index (χ2n) is 8.99. The predicted octanol–water partition coefficient (Wildman–Crippen LogP) is 6.01. The number of amides is 2. The fourth-order valence-electron chi connectivity index (χ4n) is 4.83. The Morgan fingerprint density at radius 3 is 2.60 bits per heavy atom. The summed E-state index contributed by atoms with van der Waals surface area (Å²) in [5, 5.41) is 4.19. The van der Waals surface area contributed by atoms with E-state index < -0.39 is 0 Å². The van der Waals surface area contributed by atoms with Crippen molar-refractivity contribution in [1.82, 2.24) is 9.80 Å². The van der Waals surface area contributed by atoms with E-state index in [-0.39, 0.29) is 24.4 Å². The van der Waals surface area contributed by atoms with Crippen molar-refractivity contribution in [3.63, 3.8) is 0 Å². The van der Waals surface area contributed by atoms with Gasteiger partial charge in [0.1, 0.15) is 6.54 Å². The van der Waals surface area contributed by atoms with Gasteiger partial charge in [0, 0.05) is 23.5 Å². The van der Waals surface area contributed by atoms with E-state index >= 15 is 0 Å². The van der Waals surface area contributed by atoms with Crippen LogP contribution < -0.4 is 0 Å². The van der Waals surface area contributed by atoms with Gasteiger partial charge in [-0.2, -0.15) is 0 Å². The van der Waals surface area contributed by atoms with Crippen LogP contribution in [0.15, 0.2) is 90.8 Å². The molecule has 0 N–H and O–H groups in total. The average Bonchev–Trinajstić information content (AvgIpc) is 3.37. The van der Waals surface area contributed by atoms with E-state index in [9.17, 15) is 9.59 Å². The standard InChI is InChI=1S/C30H28N2O2S/c1-3-16-31(30(34)25-13-12-22-6-4-5-7-24(22)19-25)20-28(33)32-17-14-27-26(15-18-35-27)29(32)23-10-8-21(2)9-11-23/h3-13,15,18-19,29H,1,14,16-17,20H2,2H3. The third-order valence-corrected chi connectivity index (χ3v) is 7.64. The van der Waals surface area contributed by atoms with Gasteiger partial charge in [-0.05, 0) is 58.8 Å². The largest absolute Gasteiger partial charge is 0.330 e. The Morgan fingerprint density at radius 2 is 1.83 bits per heavy atom. The lowest BCUT2D eigenvalue weighted by molar-refractivity contribution is -0.133. The molecule has 3 aromatic carbocycles. The Morgan fingerprint density at radius 1 is 1.06 bits per heavy atom. The summed E-state index contributed by atoms with van der Waals surface area (Å²) >= 11 is 1.75. The van der Waals surface area contributed by atoms with Gasteiger partial charge < -0.3 is 9.80 Å². The molecule has 5 rings (SSSR count). The number of thiophene rings is 1. The van der Waals surface area contributed by atoms with Crippen molar-refractivity contribution >= 4 is 33.9 Å². The normalized spacial score (nSPS) is 15.0. The van der Waals surface area contributed by atoms with Crippen molar-refractivity contribution < 1.29 is 9.59 Å². The molecule has 0 fully saturated rings. The number of rotatable bonds is 6. The zero-order chi connectivity index (χ0) is 24.4. The molecule has 1 atom stereocenters. The average molecular weight is 481 g/mol. The number of carbonyl (C=O) groups is 2. The lowest BCUT2D eigenvalue weighted by Crippen LogP contribution is -2.46. The van der Waals surface area contributed by atoms with Gasteiger partial charge in [0.2, 0.25) is 5.91 Å². The third kappa shape index (κ3) is 4.64. The molecule has 0 aliphatic carbocycles. The minimum absolute atomic E-state index is 0.0134. The maximum atomic E-state index is 13.7. The lowest BCUT2D eigenvalue weighted by Gasteiger charge is -2.37. The zero-order valence-corrected chi connectivity index (χ0v) is 20.6. The molecular formula is C30H28N2O2S. The predicted molar refractivity (Wildman–Crippen MR) is 143 cm³/mol. The SMILES string of the molecule is C=CCN(CC(=O)N1CCc2sccc2C1c1ccc(C)cc1)C(=O)c1ccc2ccccc2c1. The zero-order valence-electron chi connectivity index (χ0n) is 19.8. The van der Waals surface area contributed by atoms with Gasteiger partial charge in [-0.1, -0.05) is 66.2 Å². The molecule has 2 heterocycles. The maximum Gasteiger partial charge on any atom is 0.254 e. The van der Waals surface area contributed by atoms with Gasteiger partial charge in [0.15, 0.2) is 0 Å². The number of nitrogens with zero attached hydrogens (tertiary/aromatic N) is 2. The van der Waals surface area contributed by atoms with Crippen molar-refractivity contribution in [3.8, 4) is 0 Å². The number of benzene rings is 3. The highest BCUT2D eigenvalue weighted by molar-refractivity contribution is 7.10. The highest BCUT2D eigenvalue weighted by atomic mass is 32.1. The highest BCUT2D eigenvalue weighted by Crippen LogP contribution is 2.38. The van der Waals surface area contributed by atoms with Gasteiger partial charge >= 0.3 is 0 Å². The minimum atomic E-state index is -0.163. The molecule has 0 bridgehead atoms. The second-order valence-corrected chi connectivity index (χ2v) is 9.99. The van der Waals surface area contributed by atoms with E-state index in [0.717, 1.165) is 22.8 Å². The second kappa shape index (κ2) is 9.88. The molecule has 2 amide bonds. The van der Waals surface area contributed by atoms with Crippen LogP contribution in [0.4, 0.5) is 0 Å². The Hall–Kier alpha value is -3.70. The topological polar surface area (TPSA) is 40.6 Å². The lowest BCUT2D eigenvalue weighted by atomic mass is 9.92. The first-order valence-electron chi connectivity index (χ1n) is 11.9. The van der Waals surface area contributed by atoms with Crippen LogP contribution in [0.1, 0.15) is 38.0 Å².